The van der Waals surface area contributed by atoms with Gasteiger partial charge < -0.3 is 4.74 Å². The van der Waals surface area contributed by atoms with Crippen LogP contribution in [0.15, 0.2) is 83.9 Å². The second-order valence-electron chi connectivity index (χ2n) is 5.96. The fraction of sp³-hybridized carbons (Fsp3) is 0.143. The van der Waals surface area contributed by atoms with Gasteiger partial charge in [0.1, 0.15) is 0 Å². The van der Waals surface area contributed by atoms with Crippen LogP contribution in [0.3, 0.4) is 0 Å². The van der Waals surface area contributed by atoms with E-state index in [2.05, 4.69) is 9.71 Å². The number of ether oxygens (including phenoxy) is 1. The summed E-state index contributed by atoms with van der Waals surface area (Å²) in [7, 11) is -3.85. The van der Waals surface area contributed by atoms with Crippen molar-refractivity contribution < 1.29 is 17.9 Å². The molecule has 7 heteroatoms. The van der Waals surface area contributed by atoms with Gasteiger partial charge >= 0.3 is 5.97 Å². The van der Waals surface area contributed by atoms with E-state index in [9.17, 15) is 13.2 Å². The first-order valence-corrected chi connectivity index (χ1v) is 10.2. The summed E-state index contributed by atoms with van der Waals surface area (Å²) in [6.45, 7) is 1.96. The second-order valence-corrected chi connectivity index (χ2v) is 7.68. The van der Waals surface area contributed by atoms with Crippen LogP contribution < -0.4 is 4.72 Å². The SMILES string of the molecule is CCOC(=O)c1ccc(S(=O)(=O)NC(c2ccccc2)c2ccccn2)cc1. The molecule has 0 fully saturated rings. The molecule has 28 heavy (non-hydrogen) atoms. The third kappa shape index (κ3) is 4.62. The van der Waals surface area contributed by atoms with Gasteiger partial charge in [-0.1, -0.05) is 36.4 Å². The molecular weight excluding hydrogens is 376 g/mol. The molecule has 1 N–H and O–H groups in total. The maximum Gasteiger partial charge on any atom is 0.338 e. The van der Waals surface area contributed by atoms with Crippen LogP contribution in [0.5, 0.6) is 0 Å². The van der Waals surface area contributed by atoms with Crippen molar-refractivity contribution in [2.45, 2.75) is 17.9 Å². The Kier molecular flexibility index (Phi) is 6.18. The van der Waals surface area contributed by atoms with Crippen LogP contribution in [0.1, 0.15) is 34.6 Å². The predicted molar refractivity (Wildman–Crippen MR) is 105 cm³/mol. The zero-order chi connectivity index (χ0) is 20.0. The first-order chi connectivity index (χ1) is 13.5. The number of benzene rings is 2. The monoisotopic (exact) mass is 396 g/mol. The van der Waals surface area contributed by atoms with Crippen LogP contribution >= 0.6 is 0 Å². The summed E-state index contributed by atoms with van der Waals surface area (Å²) in [5.41, 5.74) is 1.65. The molecule has 0 amide bonds. The number of esters is 1. The Morgan fingerprint density at radius 2 is 1.68 bits per heavy atom. The molecule has 1 atom stereocenters. The summed E-state index contributed by atoms with van der Waals surface area (Å²) in [4.78, 5) is 16.1. The molecule has 1 aromatic heterocycles. The van der Waals surface area contributed by atoms with Gasteiger partial charge in [-0.3, -0.25) is 4.98 Å². The van der Waals surface area contributed by atoms with Crippen LogP contribution in [0.25, 0.3) is 0 Å². The minimum absolute atomic E-state index is 0.0532. The Bertz CT molecular complexity index is 982. The normalized spacial score (nSPS) is 12.3. The fourth-order valence-electron chi connectivity index (χ4n) is 2.70. The molecule has 3 rings (SSSR count). The van der Waals surface area contributed by atoms with E-state index in [1.54, 1.807) is 31.3 Å². The van der Waals surface area contributed by atoms with Crippen LogP contribution in [-0.2, 0) is 14.8 Å². The van der Waals surface area contributed by atoms with Gasteiger partial charge in [-0.15, -0.1) is 0 Å². The molecule has 0 saturated heterocycles. The fourth-order valence-corrected chi connectivity index (χ4v) is 3.90. The number of rotatable bonds is 7. The van der Waals surface area contributed by atoms with Crippen LogP contribution in [-0.4, -0.2) is 26.0 Å². The zero-order valence-corrected chi connectivity index (χ0v) is 16.1. The molecule has 6 nitrogen and oxygen atoms in total. The Balaban J connectivity index is 1.90. The number of nitrogens with one attached hydrogen (secondary N) is 1. The number of sulfonamides is 1. The highest BCUT2D eigenvalue weighted by Crippen LogP contribution is 2.23. The second kappa shape index (κ2) is 8.77. The first-order valence-electron chi connectivity index (χ1n) is 8.76. The Hall–Kier alpha value is -3.03. The standard InChI is InChI=1S/C21H20N2O4S/c1-2-27-21(24)17-11-13-18(14-12-17)28(25,26)23-20(16-8-4-3-5-9-16)19-10-6-7-15-22-19/h3-15,20,23H,2H2,1H3. The molecular formula is C21H20N2O4S. The number of aromatic nitrogens is 1. The Morgan fingerprint density at radius 3 is 2.29 bits per heavy atom. The summed E-state index contributed by atoms with van der Waals surface area (Å²) in [6.07, 6.45) is 1.62. The maximum absolute atomic E-state index is 12.9. The van der Waals surface area contributed by atoms with Gasteiger partial charge in [-0.2, -0.15) is 4.72 Å². The molecule has 0 aliphatic heterocycles. The van der Waals surface area contributed by atoms with Gasteiger partial charge in [0, 0.05) is 6.20 Å². The molecule has 0 saturated carbocycles. The predicted octanol–water partition coefficient (Wildman–Crippen LogP) is 3.33. The molecule has 144 valence electrons. The van der Waals surface area contributed by atoms with Gasteiger partial charge in [-0.25, -0.2) is 13.2 Å². The van der Waals surface area contributed by atoms with Gasteiger partial charge in [0.05, 0.1) is 28.8 Å². The molecule has 0 aliphatic rings. The van der Waals surface area contributed by atoms with Crippen molar-refractivity contribution in [3.05, 3.63) is 95.8 Å². The Labute approximate surface area is 164 Å². The van der Waals surface area contributed by atoms with Crippen molar-refractivity contribution >= 4 is 16.0 Å². The number of carbonyl (C=O) groups excluding carboxylic acids is 1. The van der Waals surface area contributed by atoms with Crippen molar-refractivity contribution in [2.75, 3.05) is 6.61 Å². The van der Waals surface area contributed by atoms with E-state index >= 15 is 0 Å². The molecule has 3 aromatic rings. The maximum atomic E-state index is 12.9. The summed E-state index contributed by atoms with van der Waals surface area (Å²) < 4.78 is 33.5. The van der Waals surface area contributed by atoms with E-state index in [0.29, 0.717) is 11.3 Å². The zero-order valence-electron chi connectivity index (χ0n) is 15.3. The smallest absolute Gasteiger partial charge is 0.338 e. The number of pyridine rings is 1. The van der Waals surface area contributed by atoms with Crippen LogP contribution in [0.4, 0.5) is 0 Å². The van der Waals surface area contributed by atoms with E-state index in [4.69, 9.17) is 4.74 Å². The molecule has 2 aromatic carbocycles. The molecule has 0 spiro atoms. The quantitative estimate of drug-likeness (QED) is 0.619. The van der Waals surface area contributed by atoms with Gasteiger partial charge in [-0.05, 0) is 48.9 Å². The summed E-state index contributed by atoms with van der Waals surface area (Å²) in [5.74, 6) is -0.491. The summed E-state index contributed by atoms with van der Waals surface area (Å²) in [5, 5.41) is 0. The molecule has 0 radical (unpaired) electrons. The van der Waals surface area contributed by atoms with Crippen LogP contribution in [0, 0.1) is 0 Å². The topological polar surface area (TPSA) is 85.4 Å². The van der Waals surface area contributed by atoms with Crippen LogP contribution in [0.2, 0.25) is 0 Å². The molecule has 1 unspecified atom stereocenters. The minimum atomic E-state index is -3.85. The molecule has 0 bridgehead atoms. The number of carbonyl (C=O) groups is 1. The molecule has 1 heterocycles. The number of hydrogen-bond donors (Lipinski definition) is 1. The third-order valence-corrected chi connectivity index (χ3v) is 5.50. The van der Waals surface area contributed by atoms with Gasteiger partial charge in [0.25, 0.3) is 0 Å². The van der Waals surface area contributed by atoms with Gasteiger partial charge in [0.15, 0.2) is 0 Å². The van der Waals surface area contributed by atoms with Crippen molar-refractivity contribution in [3.63, 3.8) is 0 Å². The lowest BCUT2D eigenvalue weighted by Gasteiger charge is -2.19. The van der Waals surface area contributed by atoms with E-state index in [1.165, 1.54) is 24.3 Å². The highest BCUT2D eigenvalue weighted by atomic mass is 32.2. The Morgan fingerprint density at radius 1 is 1.00 bits per heavy atom. The van der Waals surface area contributed by atoms with E-state index < -0.39 is 22.0 Å². The van der Waals surface area contributed by atoms with Gasteiger partial charge in [0.2, 0.25) is 10.0 Å². The average molecular weight is 396 g/mol. The summed E-state index contributed by atoms with van der Waals surface area (Å²) in [6, 6.07) is 19.6. The average Bonchev–Trinajstić information content (AvgIpc) is 2.73. The van der Waals surface area contributed by atoms with Crippen molar-refractivity contribution in [3.8, 4) is 0 Å². The minimum Gasteiger partial charge on any atom is -0.462 e. The van der Waals surface area contributed by atoms with E-state index in [1.807, 2.05) is 30.3 Å². The van der Waals surface area contributed by atoms with Crippen molar-refractivity contribution in [1.29, 1.82) is 0 Å². The van der Waals surface area contributed by atoms with Crippen molar-refractivity contribution in [2.24, 2.45) is 0 Å². The lowest BCUT2D eigenvalue weighted by atomic mass is 10.0. The molecule has 0 aliphatic carbocycles. The van der Waals surface area contributed by atoms with E-state index in [0.717, 1.165) is 5.56 Å². The highest BCUT2D eigenvalue weighted by molar-refractivity contribution is 7.89. The lowest BCUT2D eigenvalue weighted by molar-refractivity contribution is 0.0526. The van der Waals surface area contributed by atoms with Crippen molar-refractivity contribution in [1.82, 2.24) is 9.71 Å². The van der Waals surface area contributed by atoms with E-state index in [-0.39, 0.29) is 11.5 Å². The number of nitrogens with zero attached hydrogens (tertiary/aromatic N) is 1. The lowest BCUT2D eigenvalue weighted by Crippen LogP contribution is -2.30. The summed E-state index contributed by atoms with van der Waals surface area (Å²) >= 11 is 0. The highest BCUT2D eigenvalue weighted by Gasteiger charge is 2.24. The first kappa shape index (κ1) is 19.7. The third-order valence-electron chi connectivity index (χ3n) is 4.07. The largest absolute Gasteiger partial charge is 0.462 e. The number of hydrogen-bond acceptors (Lipinski definition) is 5.